The molecule has 0 saturated heterocycles. The number of hydrogen-bond acceptors (Lipinski definition) is 3. The molecule has 0 heterocycles. The van der Waals surface area contributed by atoms with Gasteiger partial charge in [-0.05, 0) is 38.3 Å². The van der Waals surface area contributed by atoms with Crippen LogP contribution >= 0.6 is 0 Å². The highest BCUT2D eigenvalue weighted by atomic mass is 32.2. The van der Waals surface area contributed by atoms with E-state index in [2.05, 4.69) is 23.9 Å². The van der Waals surface area contributed by atoms with E-state index < -0.39 is 10.0 Å². The standard InChI is InChI=1S/C11H26N2O2S/c1-4-12-8-6-10-16(14,15)13-9-5-7-11(2)3/h11-13H,4-10H2,1-3H3. The number of hydrogen-bond donors (Lipinski definition) is 2. The maximum Gasteiger partial charge on any atom is 0.211 e. The van der Waals surface area contributed by atoms with Gasteiger partial charge in [-0.15, -0.1) is 0 Å². The molecule has 0 amide bonds. The summed E-state index contributed by atoms with van der Waals surface area (Å²) in [6.45, 7) is 8.53. The highest BCUT2D eigenvalue weighted by molar-refractivity contribution is 7.89. The van der Waals surface area contributed by atoms with Crippen LogP contribution in [0.15, 0.2) is 0 Å². The maximum atomic E-state index is 11.5. The molecule has 0 saturated carbocycles. The summed E-state index contributed by atoms with van der Waals surface area (Å²) in [6.07, 6.45) is 2.66. The molecule has 0 aromatic rings. The minimum absolute atomic E-state index is 0.224. The smallest absolute Gasteiger partial charge is 0.211 e. The minimum Gasteiger partial charge on any atom is -0.317 e. The zero-order valence-corrected chi connectivity index (χ0v) is 11.6. The minimum atomic E-state index is -3.05. The number of rotatable bonds is 10. The maximum absolute atomic E-state index is 11.5. The topological polar surface area (TPSA) is 58.2 Å². The van der Waals surface area contributed by atoms with Gasteiger partial charge in [-0.2, -0.15) is 0 Å². The third-order valence-electron chi connectivity index (χ3n) is 2.30. The van der Waals surface area contributed by atoms with Crippen LogP contribution in [0.5, 0.6) is 0 Å². The molecule has 0 aliphatic heterocycles. The molecule has 0 bridgehead atoms. The van der Waals surface area contributed by atoms with Gasteiger partial charge in [0, 0.05) is 6.54 Å². The molecule has 0 aliphatic carbocycles. The molecule has 4 nitrogen and oxygen atoms in total. The van der Waals surface area contributed by atoms with Gasteiger partial charge < -0.3 is 5.32 Å². The number of nitrogens with one attached hydrogen (secondary N) is 2. The van der Waals surface area contributed by atoms with Crippen LogP contribution < -0.4 is 10.0 Å². The molecule has 98 valence electrons. The second-order valence-electron chi connectivity index (χ2n) is 4.46. The molecule has 0 fully saturated rings. The molecule has 0 aromatic heterocycles. The molecule has 2 N–H and O–H groups in total. The summed E-state index contributed by atoms with van der Waals surface area (Å²) in [5.41, 5.74) is 0. The molecule has 0 radical (unpaired) electrons. The first-order valence-electron chi connectivity index (χ1n) is 6.16. The van der Waals surface area contributed by atoms with Crippen molar-refractivity contribution in [3.63, 3.8) is 0 Å². The van der Waals surface area contributed by atoms with E-state index in [0.717, 1.165) is 25.9 Å². The van der Waals surface area contributed by atoms with E-state index in [4.69, 9.17) is 0 Å². The predicted octanol–water partition coefficient (Wildman–Crippen LogP) is 1.34. The van der Waals surface area contributed by atoms with Crippen molar-refractivity contribution < 1.29 is 8.42 Å². The molecule has 0 rings (SSSR count). The van der Waals surface area contributed by atoms with Crippen LogP contribution in [0.4, 0.5) is 0 Å². The fourth-order valence-electron chi connectivity index (χ4n) is 1.37. The van der Waals surface area contributed by atoms with E-state index in [1.54, 1.807) is 0 Å². The Morgan fingerprint density at radius 3 is 2.38 bits per heavy atom. The van der Waals surface area contributed by atoms with Crippen LogP contribution in [0.1, 0.15) is 40.0 Å². The van der Waals surface area contributed by atoms with Crippen molar-refractivity contribution in [2.75, 3.05) is 25.4 Å². The summed E-state index contributed by atoms with van der Waals surface area (Å²) in [5, 5.41) is 3.11. The monoisotopic (exact) mass is 250 g/mol. The zero-order chi connectivity index (χ0) is 12.4. The van der Waals surface area contributed by atoms with E-state index in [9.17, 15) is 8.42 Å². The Morgan fingerprint density at radius 2 is 1.81 bits per heavy atom. The lowest BCUT2D eigenvalue weighted by Crippen LogP contribution is -2.29. The van der Waals surface area contributed by atoms with Crippen molar-refractivity contribution in [3.05, 3.63) is 0 Å². The summed E-state index contributed by atoms with van der Waals surface area (Å²) in [5.74, 6) is 0.861. The highest BCUT2D eigenvalue weighted by Crippen LogP contribution is 2.02. The molecule has 16 heavy (non-hydrogen) atoms. The Bertz CT molecular complexity index is 251. The van der Waals surface area contributed by atoms with Crippen molar-refractivity contribution in [2.24, 2.45) is 5.92 Å². The van der Waals surface area contributed by atoms with Crippen LogP contribution in [-0.4, -0.2) is 33.8 Å². The summed E-state index contributed by atoms with van der Waals surface area (Å²) >= 11 is 0. The summed E-state index contributed by atoms with van der Waals surface area (Å²) in [4.78, 5) is 0. The summed E-state index contributed by atoms with van der Waals surface area (Å²) in [6, 6.07) is 0. The van der Waals surface area contributed by atoms with Crippen molar-refractivity contribution in [2.45, 2.75) is 40.0 Å². The average molecular weight is 250 g/mol. The molecular weight excluding hydrogens is 224 g/mol. The van der Waals surface area contributed by atoms with Gasteiger partial charge in [0.15, 0.2) is 0 Å². The first-order chi connectivity index (χ1) is 7.48. The van der Waals surface area contributed by atoms with E-state index in [1.165, 1.54) is 0 Å². The van der Waals surface area contributed by atoms with Crippen LogP contribution in [-0.2, 0) is 10.0 Å². The van der Waals surface area contributed by atoms with Gasteiger partial charge in [0.25, 0.3) is 0 Å². The Labute approximate surface area is 100 Å². The zero-order valence-electron chi connectivity index (χ0n) is 10.8. The molecule has 0 aliphatic rings. The molecular formula is C11H26N2O2S. The molecule has 0 atom stereocenters. The first-order valence-corrected chi connectivity index (χ1v) is 7.81. The fraction of sp³-hybridized carbons (Fsp3) is 1.00. The highest BCUT2D eigenvalue weighted by Gasteiger charge is 2.08. The van der Waals surface area contributed by atoms with Gasteiger partial charge in [0.1, 0.15) is 0 Å². The van der Waals surface area contributed by atoms with Gasteiger partial charge in [-0.1, -0.05) is 20.8 Å². The predicted molar refractivity (Wildman–Crippen MR) is 69.0 cm³/mol. The Hall–Kier alpha value is -0.130. The SMILES string of the molecule is CCNCCCS(=O)(=O)NCCCC(C)C. The third kappa shape index (κ3) is 10.4. The van der Waals surface area contributed by atoms with Crippen LogP contribution in [0.2, 0.25) is 0 Å². The van der Waals surface area contributed by atoms with Gasteiger partial charge in [0.2, 0.25) is 10.0 Å². The van der Waals surface area contributed by atoms with E-state index in [1.807, 2.05) is 6.92 Å². The van der Waals surface area contributed by atoms with Crippen LogP contribution in [0.25, 0.3) is 0 Å². The molecule has 0 unspecified atom stereocenters. The van der Waals surface area contributed by atoms with E-state index in [-0.39, 0.29) is 5.75 Å². The average Bonchev–Trinajstić information content (AvgIpc) is 2.19. The van der Waals surface area contributed by atoms with Gasteiger partial charge in [-0.25, -0.2) is 13.1 Å². The lowest BCUT2D eigenvalue weighted by molar-refractivity contribution is 0.538. The van der Waals surface area contributed by atoms with Crippen molar-refractivity contribution in [1.29, 1.82) is 0 Å². The third-order valence-corrected chi connectivity index (χ3v) is 3.77. The fourth-order valence-corrected chi connectivity index (χ4v) is 2.50. The summed E-state index contributed by atoms with van der Waals surface area (Å²) < 4.78 is 25.6. The Kier molecular flexibility index (Phi) is 8.89. The van der Waals surface area contributed by atoms with Crippen molar-refractivity contribution in [3.8, 4) is 0 Å². The summed E-state index contributed by atoms with van der Waals surface area (Å²) in [7, 11) is -3.05. The number of sulfonamides is 1. The molecule has 0 aromatic carbocycles. The van der Waals surface area contributed by atoms with Crippen molar-refractivity contribution in [1.82, 2.24) is 10.0 Å². The second kappa shape index (κ2) is 8.96. The van der Waals surface area contributed by atoms with Crippen LogP contribution in [0.3, 0.4) is 0 Å². The van der Waals surface area contributed by atoms with Gasteiger partial charge >= 0.3 is 0 Å². The van der Waals surface area contributed by atoms with E-state index in [0.29, 0.717) is 18.9 Å². The lowest BCUT2D eigenvalue weighted by Gasteiger charge is -2.08. The quantitative estimate of drug-likeness (QED) is 0.575. The normalized spacial score (nSPS) is 12.2. The van der Waals surface area contributed by atoms with Gasteiger partial charge in [-0.3, -0.25) is 0 Å². The van der Waals surface area contributed by atoms with E-state index >= 15 is 0 Å². The lowest BCUT2D eigenvalue weighted by atomic mass is 10.1. The van der Waals surface area contributed by atoms with Gasteiger partial charge in [0.05, 0.1) is 5.75 Å². The Morgan fingerprint density at radius 1 is 1.12 bits per heavy atom. The molecule has 5 heteroatoms. The largest absolute Gasteiger partial charge is 0.317 e. The second-order valence-corrected chi connectivity index (χ2v) is 6.38. The first kappa shape index (κ1) is 15.9. The Balaban J connectivity index is 3.55. The van der Waals surface area contributed by atoms with Crippen molar-refractivity contribution >= 4 is 10.0 Å². The van der Waals surface area contributed by atoms with Crippen LogP contribution in [0, 0.1) is 5.92 Å². The molecule has 0 spiro atoms.